The number of aromatic nitrogens is 2. The van der Waals surface area contributed by atoms with Gasteiger partial charge < -0.3 is 39.1 Å². The van der Waals surface area contributed by atoms with Crippen LogP contribution in [0.15, 0.2) is 62.3 Å². The maximum Gasteiger partial charge on any atom is 0.496 e. The third-order valence-electron chi connectivity index (χ3n) is 7.02. The lowest BCUT2D eigenvalue weighted by molar-refractivity contribution is 0.00578. The molecule has 0 unspecified atom stereocenters. The van der Waals surface area contributed by atoms with Gasteiger partial charge in [-0.2, -0.15) is 0 Å². The second-order valence-corrected chi connectivity index (χ2v) is 11.4. The Bertz CT molecular complexity index is 1570. The molecule has 4 N–H and O–H groups in total. The van der Waals surface area contributed by atoms with Crippen LogP contribution in [0, 0.1) is 13.8 Å². The molecular weight excluding hydrogens is 635 g/mol. The van der Waals surface area contributed by atoms with Crippen molar-refractivity contribution in [2.75, 3.05) is 25.7 Å². The molecule has 0 saturated carbocycles. The number of nitrogen functional groups attached to an aromatic ring is 2. The molecule has 0 bridgehead atoms. The quantitative estimate of drug-likeness (QED) is 0.217. The number of aryl methyl sites for hydroxylation is 2. The second-order valence-electron chi connectivity index (χ2n) is 10.7. The molecule has 5 rings (SSSR count). The fourth-order valence-electron chi connectivity index (χ4n) is 3.78. The Kier molecular flexibility index (Phi) is 11.0. The monoisotopic (exact) mass is 670 g/mol. The van der Waals surface area contributed by atoms with Crippen LogP contribution in [0.2, 0.25) is 0 Å². The summed E-state index contributed by atoms with van der Waals surface area (Å²) in [6.07, 6.45) is 3.28. The molecule has 12 nitrogen and oxygen atoms in total. The topological polar surface area (TPSA) is 175 Å². The highest BCUT2D eigenvalue weighted by molar-refractivity contribution is 9.10. The van der Waals surface area contributed by atoms with E-state index < -0.39 is 5.97 Å². The molecule has 44 heavy (non-hydrogen) atoms. The number of nitrogens with zero attached hydrogens (tertiary/aromatic N) is 2. The minimum Gasteiger partial charge on any atom is -0.465 e. The molecule has 1 aliphatic heterocycles. The normalized spacial score (nSPS) is 14.5. The molecule has 0 aromatic carbocycles. The number of nitrogens with two attached hydrogens (primary N) is 2. The number of ether oxygens (including phenoxy) is 2. The van der Waals surface area contributed by atoms with Crippen molar-refractivity contribution in [1.82, 2.24) is 9.97 Å². The largest absolute Gasteiger partial charge is 0.496 e. The van der Waals surface area contributed by atoms with Gasteiger partial charge in [-0.3, -0.25) is 0 Å². The lowest BCUT2D eigenvalue weighted by atomic mass is 9.80. The summed E-state index contributed by atoms with van der Waals surface area (Å²) in [5, 5.41) is 0. The van der Waals surface area contributed by atoms with Gasteiger partial charge in [0.1, 0.15) is 40.0 Å². The first-order valence-electron chi connectivity index (χ1n) is 13.4. The molecule has 1 aliphatic rings. The number of hydrogen-bond acceptors (Lipinski definition) is 12. The zero-order valence-corrected chi connectivity index (χ0v) is 27.5. The van der Waals surface area contributed by atoms with Crippen LogP contribution in [0.25, 0.3) is 11.3 Å². The average Bonchev–Trinajstić information content (AvgIpc) is 3.60. The number of esters is 2. The minimum atomic E-state index is -0.416. The summed E-state index contributed by atoms with van der Waals surface area (Å²) < 4.78 is 32.0. The Balaban J connectivity index is 0.000000185. The molecular formula is C30H36BBrN4O8. The van der Waals surface area contributed by atoms with Crippen LogP contribution < -0.4 is 16.9 Å². The van der Waals surface area contributed by atoms with Crippen molar-refractivity contribution < 1.29 is 37.2 Å². The van der Waals surface area contributed by atoms with Crippen LogP contribution in [0.3, 0.4) is 0 Å². The van der Waals surface area contributed by atoms with Crippen LogP contribution in [-0.2, 0) is 18.8 Å². The summed E-state index contributed by atoms with van der Waals surface area (Å²) in [4.78, 5) is 30.4. The van der Waals surface area contributed by atoms with Gasteiger partial charge in [-0.05, 0) is 81.7 Å². The molecule has 0 radical (unpaired) electrons. The third kappa shape index (κ3) is 8.27. The first kappa shape index (κ1) is 34.4. The molecule has 14 heteroatoms. The van der Waals surface area contributed by atoms with Gasteiger partial charge in [0.25, 0.3) is 0 Å². The van der Waals surface area contributed by atoms with Gasteiger partial charge in [0, 0.05) is 29.5 Å². The number of methoxy groups -OCH3 is 2. The number of carbonyl (C=O) groups excluding carboxylic acids is 2. The lowest BCUT2D eigenvalue weighted by Crippen LogP contribution is -2.41. The van der Waals surface area contributed by atoms with Crippen molar-refractivity contribution in [3.05, 3.63) is 76.1 Å². The number of halogens is 1. The first-order chi connectivity index (χ1) is 20.6. The molecule has 234 valence electrons. The molecule has 0 aliphatic carbocycles. The molecule has 0 amide bonds. The van der Waals surface area contributed by atoms with E-state index >= 15 is 0 Å². The number of rotatable bonds is 4. The third-order valence-corrected chi connectivity index (χ3v) is 7.41. The van der Waals surface area contributed by atoms with Gasteiger partial charge >= 0.3 is 19.1 Å². The maximum absolute atomic E-state index is 11.4. The van der Waals surface area contributed by atoms with E-state index in [0.717, 1.165) is 11.0 Å². The Hall–Kier alpha value is -4.14. The number of anilines is 2. The van der Waals surface area contributed by atoms with Gasteiger partial charge in [0.05, 0.1) is 25.4 Å². The summed E-state index contributed by atoms with van der Waals surface area (Å²) in [6.45, 7) is 11.5. The van der Waals surface area contributed by atoms with Gasteiger partial charge in [-0.25, -0.2) is 19.6 Å². The fourth-order valence-corrected chi connectivity index (χ4v) is 4.25. The molecule has 5 heterocycles. The summed E-state index contributed by atoms with van der Waals surface area (Å²) in [5.74, 6) is 1.78. The van der Waals surface area contributed by atoms with Gasteiger partial charge in [-0.1, -0.05) is 6.07 Å². The van der Waals surface area contributed by atoms with E-state index in [0.29, 0.717) is 44.7 Å². The van der Waals surface area contributed by atoms with Crippen LogP contribution in [0.1, 0.15) is 59.9 Å². The second kappa shape index (κ2) is 14.1. The predicted molar refractivity (Wildman–Crippen MR) is 169 cm³/mol. The van der Waals surface area contributed by atoms with Gasteiger partial charge in [0.15, 0.2) is 4.67 Å². The standard InChI is InChI=1S/C12H12N2O3.C11H17BN2O2.C7H7BrO3/c1-7-9(12(15)16-2)5-10(17-7)8-3-4-11(13)14-6-8;1-10(2)11(3,4)16-12(15-10)8-5-6-9(13)14-7-8;1-4-5(7(9)10-2)3-6(8)11-4/h3-6H,1-2H3,(H2,13,14);5-7H,1-4H3,(H2,13,14);3H,1-2H3. The van der Waals surface area contributed by atoms with E-state index in [4.69, 9.17) is 29.6 Å². The van der Waals surface area contributed by atoms with Gasteiger partial charge in [0.2, 0.25) is 0 Å². The van der Waals surface area contributed by atoms with Crippen molar-refractivity contribution in [2.24, 2.45) is 0 Å². The Labute approximate surface area is 264 Å². The van der Waals surface area contributed by atoms with Crippen LogP contribution in [0.5, 0.6) is 0 Å². The Morgan fingerprint density at radius 2 is 1.30 bits per heavy atom. The fraction of sp³-hybridized carbons (Fsp3) is 0.333. The lowest BCUT2D eigenvalue weighted by Gasteiger charge is -2.32. The Morgan fingerprint density at radius 3 is 1.73 bits per heavy atom. The highest BCUT2D eigenvalue weighted by atomic mass is 79.9. The summed E-state index contributed by atoms with van der Waals surface area (Å²) >= 11 is 3.11. The molecule has 1 fully saturated rings. The number of carbonyl (C=O) groups is 2. The molecule has 4 aromatic rings. The maximum atomic E-state index is 11.4. The molecule has 0 atom stereocenters. The number of pyridine rings is 2. The van der Waals surface area contributed by atoms with E-state index in [1.807, 2.05) is 33.8 Å². The van der Waals surface area contributed by atoms with Crippen molar-refractivity contribution in [3.8, 4) is 11.3 Å². The van der Waals surface area contributed by atoms with E-state index in [-0.39, 0.29) is 24.3 Å². The van der Waals surface area contributed by atoms with E-state index in [2.05, 4.69) is 35.4 Å². The van der Waals surface area contributed by atoms with E-state index in [1.165, 1.54) is 14.2 Å². The van der Waals surface area contributed by atoms with Crippen LogP contribution in [-0.4, -0.2) is 54.4 Å². The van der Waals surface area contributed by atoms with Crippen LogP contribution in [0.4, 0.5) is 11.6 Å². The summed E-state index contributed by atoms with van der Waals surface area (Å²) in [5.41, 5.74) is 12.9. The van der Waals surface area contributed by atoms with Crippen molar-refractivity contribution in [2.45, 2.75) is 52.7 Å². The SMILES string of the molecule is CC1(C)OB(c2ccc(N)nc2)OC1(C)C.COC(=O)c1cc(-c2ccc(N)nc2)oc1C.COC(=O)c1cc(Br)oc1C. The zero-order chi connectivity index (χ0) is 32.8. The summed E-state index contributed by atoms with van der Waals surface area (Å²) in [6, 6.07) is 10.3. The molecule has 0 spiro atoms. The number of hydrogen-bond donors (Lipinski definition) is 2. The van der Waals surface area contributed by atoms with Crippen molar-refractivity contribution >= 4 is 52.1 Å². The van der Waals surface area contributed by atoms with Crippen molar-refractivity contribution in [1.29, 1.82) is 0 Å². The first-order valence-corrected chi connectivity index (χ1v) is 14.2. The van der Waals surface area contributed by atoms with Gasteiger partial charge in [-0.15, -0.1) is 0 Å². The zero-order valence-electron chi connectivity index (χ0n) is 25.9. The van der Waals surface area contributed by atoms with Crippen LogP contribution >= 0.6 is 15.9 Å². The smallest absolute Gasteiger partial charge is 0.465 e. The van der Waals surface area contributed by atoms with E-state index in [9.17, 15) is 9.59 Å². The molecule has 4 aromatic heterocycles. The number of furan rings is 2. The molecule has 1 saturated heterocycles. The van der Waals surface area contributed by atoms with E-state index in [1.54, 1.807) is 56.6 Å². The van der Waals surface area contributed by atoms with Crippen molar-refractivity contribution in [3.63, 3.8) is 0 Å². The summed E-state index contributed by atoms with van der Waals surface area (Å²) in [7, 11) is 2.31. The minimum absolute atomic E-state index is 0.320. The highest BCUT2D eigenvalue weighted by Crippen LogP contribution is 2.36. The Morgan fingerprint density at radius 1 is 0.795 bits per heavy atom. The highest BCUT2D eigenvalue weighted by Gasteiger charge is 2.51. The predicted octanol–water partition coefficient (Wildman–Crippen LogP) is 5.12. The average molecular weight is 671 g/mol.